The third-order valence-corrected chi connectivity index (χ3v) is 4.43. The van der Waals surface area contributed by atoms with E-state index in [0.29, 0.717) is 23.5 Å². The molecule has 0 saturated heterocycles. The molecule has 0 spiro atoms. The Bertz CT molecular complexity index is 1340. The van der Waals surface area contributed by atoms with E-state index < -0.39 is 11.2 Å². The summed E-state index contributed by atoms with van der Waals surface area (Å²) in [5.74, 6) is 0. The van der Waals surface area contributed by atoms with Crippen LogP contribution in [0, 0.1) is 18.3 Å². The Morgan fingerprint density at radius 1 is 1.17 bits per heavy atom. The van der Waals surface area contributed by atoms with E-state index in [0.717, 1.165) is 16.8 Å². The second kappa shape index (κ2) is 7.36. The maximum absolute atomic E-state index is 12.1. The summed E-state index contributed by atoms with van der Waals surface area (Å²) in [4.78, 5) is 32.2. The molecule has 4 heterocycles. The first-order valence-electron chi connectivity index (χ1n) is 8.71. The van der Waals surface area contributed by atoms with Crippen LogP contribution in [-0.2, 0) is 6.54 Å². The van der Waals surface area contributed by atoms with Crippen LogP contribution in [0.25, 0.3) is 22.4 Å². The Kier molecular flexibility index (Phi) is 4.58. The van der Waals surface area contributed by atoms with Crippen LogP contribution >= 0.6 is 0 Å². The summed E-state index contributed by atoms with van der Waals surface area (Å²) in [6.07, 6.45) is 6.74. The number of aromatic nitrogens is 6. The fraction of sp³-hybridized carbons (Fsp3) is 0.100. The van der Waals surface area contributed by atoms with Crippen LogP contribution in [0.5, 0.6) is 0 Å². The van der Waals surface area contributed by atoms with Crippen molar-refractivity contribution in [3.05, 3.63) is 86.8 Å². The van der Waals surface area contributed by atoms with E-state index in [1.165, 1.54) is 6.20 Å². The number of nitrogens with one attached hydrogen (secondary N) is 2. The molecule has 29 heavy (non-hydrogen) atoms. The molecule has 0 fully saturated rings. The van der Waals surface area contributed by atoms with Crippen LogP contribution in [0.1, 0.15) is 17.0 Å². The molecule has 0 saturated carbocycles. The van der Waals surface area contributed by atoms with E-state index in [9.17, 15) is 9.59 Å². The summed E-state index contributed by atoms with van der Waals surface area (Å²) in [5.41, 5.74) is 3.30. The van der Waals surface area contributed by atoms with Crippen LogP contribution in [0.3, 0.4) is 0 Å². The van der Waals surface area contributed by atoms with Gasteiger partial charge >= 0.3 is 5.69 Å². The van der Waals surface area contributed by atoms with Gasteiger partial charge in [-0.3, -0.25) is 14.8 Å². The molecule has 0 aromatic carbocycles. The molecule has 0 bridgehead atoms. The second-order valence-corrected chi connectivity index (χ2v) is 6.44. The van der Waals surface area contributed by atoms with Gasteiger partial charge in [0.25, 0.3) is 5.56 Å². The van der Waals surface area contributed by atoms with E-state index in [2.05, 4.69) is 25.1 Å². The van der Waals surface area contributed by atoms with Crippen LogP contribution < -0.4 is 11.2 Å². The average molecular weight is 385 g/mol. The first kappa shape index (κ1) is 18.1. The van der Waals surface area contributed by atoms with Crippen molar-refractivity contribution in [1.82, 2.24) is 29.7 Å². The molecule has 4 aromatic heterocycles. The summed E-state index contributed by atoms with van der Waals surface area (Å²) < 4.78 is 1.97. The molecule has 0 aliphatic carbocycles. The topological polar surface area (TPSA) is 133 Å². The highest BCUT2D eigenvalue weighted by molar-refractivity contribution is 5.70. The molecule has 4 rings (SSSR count). The number of pyridine rings is 1. The molecule has 142 valence electrons. The van der Waals surface area contributed by atoms with E-state index in [-0.39, 0.29) is 5.56 Å². The van der Waals surface area contributed by atoms with E-state index >= 15 is 0 Å². The van der Waals surface area contributed by atoms with Gasteiger partial charge in [0.05, 0.1) is 29.1 Å². The molecule has 2 N–H and O–H groups in total. The largest absolute Gasteiger partial charge is 0.348 e. The van der Waals surface area contributed by atoms with Gasteiger partial charge in [0.1, 0.15) is 11.8 Å². The van der Waals surface area contributed by atoms with Crippen molar-refractivity contribution in [2.24, 2.45) is 0 Å². The van der Waals surface area contributed by atoms with Crippen LogP contribution in [0.15, 0.2) is 58.6 Å². The lowest BCUT2D eigenvalue weighted by molar-refractivity contribution is 0.780. The smallest absolute Gasteiger partial charge is 0.325 e. The Morgan fingerprint density at radius 3 is 2.76 bits per heavy atom. The number of hydrogen-bond acceptors (Lipinski definition) is 6. The van der Waals surface area contributed by atoms with E-state index in [1.807, 2.05) is 42.1 Å². The minimum atomic E-state index is -0.576. The number of nitrogens with zero attached hydrogens (tertiary/aromatic N) is 5. The zero-order valence-electron chi connectivity index (χ0n) is 15.4. The fourth-order valence-electron chi connectivity index (χ4n) is 2.95. The highest BCUT2D eigenvalue weighted by atomic mass is 16.2. The van der Waals surface area contributed by atoms with Crippen LogP contribution in [0.4, 0.5) is 0 Å². The Labute approximate surface area is 164 Å². The molecule has 0 aliphatic rings. The minimum absolute atomic E-state index is 0.236. The third-order valence-electron chi connectivity index (χ3n) is 4.43. The lowest BCUT2D eigenvalue weighted by Gasteiger charge is -2.06. The fourth-order valence-corrected chi connectivity index (χ4v) is 2.95. The quantitative estimate of drug-likeness (QED) is 0.548. The second-order valence-electron chi connectivity index (χ2n) is 6.44. The highest BCUT2D eigenvalue weighted by Gasteiger charge is 2.12. The molecule has 0 aliphatic heterocycles. The predicted molar refractivity (Wildman–Crippen MR) is 105 cm³/mol. The number of hydrogen-bond donors (Lipinski definition) is 2. The highest BCUT2D eigenvalue weighted by Crippen LogP contribution is 2.25. The lowest BCUT2D eigenvalue weighted by Crippen LogP contribution is -2.22. The first-order valence-corrected chi connectivity index (χ1v) is 8.71. The minimum Gasteiger partial charge on any atom is -0.348 e. The molecule has 9 heteroatoms. The molecule has 0 amide bonds. The SMILES string of the molecule is Cc1nnc(-c2c[nH]c(=O)[nH]c2=O)cc1-c1ccn(Cc2ccc(C#N)cn2)c1. The molecule has 0 unspecified atom stereocenters. The van der Waals surface area contributed by atoms with Gasteiger partial charge in [-0.2, -0.15) is 10.4 Å². The predicted octanol–water partition coefficient (Wildman–Crippen LogP) is 1.61. The van der Waals surface area contributed by atoms with Crippen molar-refractivity contribution in [2.45, 2.75) is 13.5 Å². The zero-order valence-corrected chi connectivity index (χ0v) is 15.4. The number of rotatable bonds is 4. The zero-order chi connectivity index (χ0) is 20.4. The summed E-state index contributed by atoms with van der Waals surface area (Å²) in [6.45, 7) is 2.39. The Morgan fingerprint density at radius 2 is 2.03 bits per heavy atom. The Balaban J connectivity index is 1.65. The number of aryl methyl sites for hydroxylation is 1. The van der Waals surface area contributed by atoms with Gasteiger partial charge in [-0.25, -0.2) is 4.79 Å². The summed E-state index contributed by atoms with van der Waals surface area (Å²) in [6, 6.07) is 9.31. The van der Waals surface area contributed by atoms with E-state index in [4.69, 9.17) is 5.26 Å². The van der Waals surface area contributed by atoms with Crippen molar-refractivity contribution in [3.63, 3.8) is 0 Å². The molecule has 4 aromatic rings. The van der Waals surface area contributed by atoms with Crippen LogP contribution in [-0.4, -0.2) is 29.7 Å². The normalized spacial score (nSPS) is 10.6. The average Bonchev–Trinajstić information content (AvgIpc) is 3.17. The monoisotopic (exact) mass is 385 g/mol. The van der Waals surface area contributed by atoms with Crippen molar-refractivity contribution in [1.29, 1.82) is 5.26 Å². The summed E-state index contributed by atoms with van der Waals surface area (Å²) >= 11 is 0. The van der Waals surface area contributed by atoms with Gasteiger partial charge in [0.2, 0.25) is 0 Å². The van der Waals surface area contributed by atoms with Gasteiger partial charge in [0, 0.05) is 35.9 Å². The van der Waals surface area contributed by atoms with Crippen molar-refractivity contribution >= 4 is 0 Å². The molecule has 9 nitrogen and oxygen atoms in total. The third kappa shape index (κ3) is 3.72. The van der Waals surface area contributed by atoms with Gasteiger partial charge in [-0.05, 0) is 31.2 Å². The molecule has 0 atom stereocenters. The maximum Gasteiger partial charge on any atom is 0.325 e. The number of nitriles is 1. The number of aromatic amines is 2. The molecular formula is C20H15N7O2. The van der Waals surface area contributed by atoms with Crippen molar-refractivity contribution in [2.75, 3.05) is 0 Å². The van der Waals surface area contributed by atoms with Crippen LogP contribution in [0.2, 0.25) is 0 Å². The molecule has 0 radical (unpaired) electrons. The number of H-pyrrole nitrogens is 2. The lowest BCUT2D eigenvalue weighted by atomic mass is 10.1. The van der Waals surface area contributed by atoms with Crippen molar-refractivity contribution < 1.29 is 0 Å². The summed E-state index contributed by atoms with van der Waals surface area (Å²) in [5, 5.41) is 17.1. The van der Waals surface area contributed by atoms with Gasteiger partial charge in [0.15, 0.2) is 0 Å². The van der Waals surface area contributed by atoms with Gasteiger partial charge < -0.3 is 9.55 Å². The Hall–Kier alpha value is -4.32. The summed E-state index contributed by atoms with van der Waals surface area (Å²) in [7, 11) is 0. The van der Waals surface area contributed by atoms with Gasteiger partial charge in [-0.1, -0.05) is 0 Å². The molecular weight excluding hydrogens is 370 g/mol. The first-order chi connectivity index (χ1) is 14.0. The van der Waals surface area contributed by atoms with E-state index in [1.54, 1.807) is 18.3 Å². The van der Waals surface area contributed by atoms with Crippen molar-refractivity contribution in [3.8, 4) is 28.5 Å². The standard InChI is InChI=1S/C20H15N7O2/c1-12-16(6-18(26-25-12)17-9-23-20(29)24-19(17)28)14-4-5-27(10-14)11-15-3-2-13(7-21)8-22-15/h2-6,8-10H,11H2,1H3,(H2,23,24,28,29). The van der Waals surface area contributed by atoms with Gasteiger partial charge in [-0.15, -0.1) is 5.10 Å². The maximum atomic E-state index is 12.1.